The van der Waals surface area contributed by atoms with Crippen molar-refractivity contribution in [1.82, 2.24) is 20.4 Å². The number of rotatable bonds is 10. The van der Waals surface area contributed by atoms with Crippen molar-refractivity contribution in [3.8, 4) is 0 Å². The predicted molar refractivity (Wildman–Crippen MR) is 105 cm³/mol. The smallest absolute Gasteiger partial charge is 0.191 e. The number of aryl methyl sites for hydroxylation is 1. The first-order chi connectivity index (χ1) is 11.9. The summed E-state index contributed by atoms with van der Waals surface area (Å²) in [6.45, 7) is 13.1. The molecule has 0 amide bonds. The molecule has 0 saturated heterocycles. The van der Waals surface area contributed by atoms with Crippen molar-refractivity contribution >= 4 is 5.96 Å². The maximum absolute atomic E-state index is 5.15. The van der Waals surface area contributed by atoms with Gasteiger partial charge in [-0.2, -0.15) is 5.10 Å². The van der Waals surface area contributed by atoms with E-state index in [1.165, 1.54) is 24.1 Å². The number of nitrogens with zero attached hydrogens (tertiary/aromatic N) is 3. The van der Waals surface area contributed by atoms with Crippen molar-refractivity contribution in [3.05, 3.63) is 17.0 Å². The Hall–Kier alpha value is -1.56. The number of nitrogens with one attached hydrogen (secondary N) is 2. The van der Waals surface area contributed by atoms with Crippen LogP contribution in [-0.2, 0) is 17.8 Å². The summed E-state index contributed by atoms with van der Waals surface area (Å²) in [4.78, 5) is 4.35. The van der Waals surface area contributed by atoms with Crippen molar-refractivity contribution in [2.45, 2.75) is 73.0 Å². The molecule has 1 unspecified atom stereocenters. The lowest BCUT2D eigenvalue weighted by molar-refractivity contribution is 0.182. The fourth-order valence-electron chi connectivity index (χ4n) is 2.89. The van der Waals surface area contributed by atoms with Crippen LogP contribution in [0.2, 0.25) is 0 Å². The van der Waals surface area contributed by atoms with Gasteiger partial charge in [0, 0.05) is 38.0 Å². The molecule has 2 N–H and O–H groups in total. The van der Waals surface area contributed by atoms with Crippen LogP contribution < -0.4 is 10.6 Å². The maximum atomic E-state index is 5.15. The summed E-state index contributed by atoms with van der Waals surface area (Å²) in [5.74, 6) is 1.62. The second-order valence-electron chi connectivity index (χ2n) is 7.16. The minimum Gasteiger partial charge on any atom is -0.383 e. The summed E-state index contributed by atoms with van der Waals surface area (Å²) in [7, 11) is 3.53. The first kappa shape index (κ1) is 21.5. The SMILES string of the molecule is CN=C(NCc1c(C)nn(CCOC)c1C)NC(C)CCCC(C)C. The summed E-state index contributed by atoms with van der Waals surface area (Å²) in [6.07, 6.45) is 3.68. The van der Waals surface area contributed by atoms with Crippen LogP contribution in [0, 0.1) is 19.8 Å². The first-order valence-electron chi connectivity index (χ1n) is 9.38. The minimum atomic E-state index is 0.413. The molecule has 0 bridgehead atoms. The largest absolute Gasteiger partial charge is 0.383 e. The Morgan fingerprint density at radius 2 is 1.96 bits per heavy atom. The lowest BCUT2D eigenvalue weighted by atomic mass is 10.0. The molecular formula is C19H37N5O. The molecule has 1 rings (SSSR count). The standard InChI is InChI=1S/C19H37N5O/c1-14(2)9-8-10-15(3)22-19(20-6)21-13-18-16(4)23-24(17(18)5)11-12-25-7/h14-15H,8-13H2,1-7H3,(H2,20,21,22). The molecular weight excluding hydrogens is 314 g/mol. The van der Waals surface area contributed by atoms with Crippen LogP contribution in [0.1, 0.15) is 57.0 Å². The molecule has 144 valence electrons. The van der Waals surface area contributed by atoms with Gasteiger partial charge in [-0.1, -0.05) is 26.7 Å². The van der Waals surface area contributed by atoms with Crippen LogP contribution >= 0.6 is 0 Å². The highest BCUT2D eigenvalue weighted by Gasteiger charge is 2.12. The predicted octanol–water partition coefficient (Wildman–Crippen LogP) is 3.03. The van der Waals surface area contributed by atoms with Gasteiger partial charge in [0.25, 0.3) is 0 Å². The van der Waals surface area contributed by atoms with Gasteiger partial charge < -0.3 is 15.4 Å². The third-order valence-electron chi connectivity index (χ3n) is 4.50. The van der Waals surface area contributed by atoms with Gasteiger partial charge in [-0.25, -0.2) is 0 Å². The van der Waals surface area contributed by atoms with Gasteiger partial charge in [0.05, 0.1) is 18.8 Å². The molecule has 6 nitrogen and oxygen atoms in total. The number of hydrogen-bond acceptors (Lipinski definition) is 3. The Labute approximate surface area is 153 Å². The van der Waals surface area contributed by atoms with E-state index in [9.17, 15) is 0 Å². The van der Waals surface area contributed by atoms with E-state index >= 15 is 0 Å². The molecule has 1 atom stereocenters. The second-order valence-corrected chi connectivity index (χ2v) is 7.16. The van der Waals surface area contributed by atoms with Gasteiger partial charge in [-0.05, 0) is 33.1 Å². The average molecular weight is 352 g/mol. The number of methoxy groups -OCH3 is 1. The third kappa shape index (κ3) is 7.46. The molecule has 0 aromatic carbocycles. The first-order valence-corrected chi connectivity index (χ1v) is 9.38. The van der Waals surface area contributed by atoms with Gasteiger partial charge in [-0.3, -0.25) is 9.67 Å². The molecule has 1 heterocycles. The van der Waals surface area contributed by atoms with Crippen LogP contribution in [-0.4, -0.2) is 42.5 Å². The molecule has 0 fully saturated rings. The molecule has 0 aliphatic heterocycles. The van der Waals surface area contributed by atoms with E-state index in [1.54, 1.807) is 7.11 Å². The van der Waals surface area contributed by atoms with Crippen LogP contribution in [0.4, 0.5) is 0 Å². The number of ether oxygens (including phenoxy) is 1. The number of aliphatic imine (C=N–C) groups is 1. The molecule has 25 heavy (non-hydrogen) atoms. The molecule has 1 aromatic rings. The summed E-state index contributed by atoms with van der Waals surface area (Å²) < 4.78 is 7.16. The Bertz CT molecular complexity index is 536. The highest BCUT2D eigenvalue weighted by atomic mass is 16.5. The van der Waals surface area contributed by atoms with E-state index in [-0.39, 0.29) is 0 Å². The summed E-state index contributed by atoms with van der Waals surface area (Å²) in [5.41, 5.74) is 3.47. The Kier molecular flexibility index (Phi) is 9.57. The van der Waals surface area contributed by atoms with E-state index in [1.807, 2.05) is 11.7 Å². The fourth-order valence-corrected chi connectivity index (χ4v) is 2.89. The lowest BCUT2D eigenvalue weighted by Gasteiger charge is -2.18. The molecule has 6 heteroatoms. The monoisotopic (exact) mass is 351 g/mol. The number of aromatic nitrogens is 2. The minimum absolute atomic E-state index is 0.413. The van der Waals surface area contributed by atoms with Gasteiger partial charge in [0.1, 0.15) is 0 Å². The molecule has 0 saturated carbocycles. The highest BCUT2D eigenvalue weighted by molar-refractivity contribution is 5.79. The van der Waals surface area contributed by atoms with Crippen LogP contribution in [0.25, 0.3) is 0 Å². The van der Waals surface area contributed by atoms with Gasteiger partial charge >= 0.3 is 0 Å². The maximum Gasteiger partial charge on any atom is 0.191 e. The van der Waals surface area contributed by atoms with Gasteiger partial charge in [-0.15, -0.1) is 0 Å². The molecule has 0 aliphatic rings. The fraction of sp³-hybridized carbons (Fsp3) is 0.789. The normalized spacial score (nSPS) is 13.4. The van der Waals surface area contributed by atoms with Gasteiger partial charge in [0.2, 0.25) is 0 Å². The second kappa shape index (κ2) is 11.1. The Balaban J connectivity index is 2.53. The summed E-state index contributed by atoms with van der Waals surface area (Å²) in [5, 5.41) is 11.5. The summed E-state index contributed by atoms with van der Waals surface area (Å²) >= 11 is 0. The van der Waals surface area contributed by atoms with Crippen molar-refractivity contribution in [3.63, 3.8) is 0 Å². The molecule has 1 aromatic heterocycles. The third-order valence-corrected chi connectivity index (χ3v) is 4.50. The van der Waals surface area contributed by atoms with Crippen molar-refractivity contribution in [2.75, 3.05) is 20.8 Å². The molecule has 0 spiro atoms. The van der Waals surface area contributed by atoms with Gasteiger partial charge in [0.15, 0.2) is 5.96 Å². The average Bonchev–Trinajstić information content (AvgIpc) is 2.83. The number of hydrogen-bond donors (Lipinski definition) is 2. The molecule has 0 radical (unpaired) electrons. The van der Waals surface area contributed by atoms with E-state index in [2.05, 4.69) is 55.3 Å². The highest BCUT2D eigenvalue weighted by Crippen LogP contribution is 2.13. The zero-order valence-electron chi connectivity index (χ0n) is 17.1. The Morgan fingerprint density at radius 1 is 1.24 bits per heavy atom. The molecule has 0 aliphatic carbocycles. The lowest BCUT2D eigenvalue weighted by Crippen LogP contribution is -2.42. The van der Waals surface area contributed by atoms with E-state index in [0.717, 1.165) is 37.1 Å². The Morgan fingerprint density at radius 3 is 2.56 bits per heavy atom. The van der Waals surface area contributed by atoms with Crippen LogP contribution in [0.5, 0.6) is 0 Å². The van der Waals surface area contributed by atoms with Crippen molar-refractivity contribution in [2.24, 2.45) is 10.9 Å². The van der Waals surface area contributed by atoms with E-state index in [4.69, 9.17) is 4.74 Å². The zero-order chi connectivity index (χ0) is 18.8. The van der Waals surface area contributed by atoms with Crippen LogP contribution in [0.3, 0.4) is 0 Å². The zero-order valence-corrected chi connectivity index (χ0v) is 17.1. The van der Waals surface area contributed by atoms with E-state index in [0.29, 0.717) is 12.6 Å². The quantitative estimate of drug-likeness (QED) is 0.502. The number of guanidine groups is 1. The summed E-state index contributed by atoms with van der Waals surface area (Å²) in [6, 6.07) is 0.413. The van der Waals surface area contributed by atoms with Crippen molar-refractivity contribution < 1.29 is 4.74 Å². The van der Waals surface area contributed by atoms with Crippen LogP contribution in [0.15, 0.2) is 4.99 Å². The van der Waals surface area contributed by atoms with E-state index < -0.39 is 0 Å². The van der Waals surface area contributed by atoms with Crippen molar-refractivity contribution in [1.29, 1.82) is 0 Å². The topological polar surface area (TPSA) is 63.5 Å².